The minimum Gasteiger partial charge on any atom is -0.282 e. The zero-order valence-corrected chi connectivity index (χ0v) is 9.82. The summed E-state index contributed by atoms with van der Waals surface area (Å²) in [6.07, 6.45) is 0. The van der Waals surface area contributed by atoms with Gasteiger partial charge in [0.05, 0.1) is 0 Å². The predicted octanol–water partition coefficient (Wildman–Crippen LogP) is 2.88. The highest BCUT2D eigenvalue weighted by Gasteiger charge is 2.06. The first-order chi connectivity index (χ1) is 6.66. The van der Waals surface area contributed by atoms with Crippen LogP contribution in [0, 0.1) is 14.2 Å². The molecule has 3 nitrogen and oxygen atoms in total. The van der Waals surface area contributed by atoms with Crippen molar-refractivity contribution in [2.45, 2.75) is 0 Å². The van der Waals surface area contributed by atoms with Crippen LogP contribution < -0.4 is 0 Å². The molecule has 0 bridgehead atoms. The Labute approximate surface area is 97.9 Å². The summed E-state index contributed by atoms with van der Waals surface area (Å²) < 4.78 is 14.0. The van der Waals surface area contributed by atoms with Gasteiger partial charge in [-0.15, -0.1) is 0 Å². The number of nitrogens with one attached hydrogen (secondary N) is 2. The van der Waals surface area contributed by atoms with Crippen molar-refractivity contribution in [1.82, 2.24) is 15.2 Å². The van der Waals surface area contributed by atoms with Crippen LogP contribution in [-0.4, -0.2) is 15.2 Å². The van der Waals surface area contributed by atoms with E-state index in [4.69, 9.17) is 12.2 Å². The van der Waals surface area contributed by atoms with Gasteiger partial charge in [0.2, 0.25) is 4.77 Å². The Balaban J connectivity index is 2.57. The van der Waals surface area contributed by atoms with Gasteiger partial charge in [0.25, 0.3) is 0 Å². The van der Waals surface area contributed by atoms with Crippen molar-refractivity contribution in [3.8, 4) is 11.4 Å². The third-order valence-corrected chi connectivity index (χ3v) is 2.77. The van der Waals surface area contributed by atoms with E-state index in [1.165, 1.54) is 12.1 Å². The normalized spacial score (nSPS) is 10.4. The summed E-state index contributed by atoms with van der Waals surface area (Å²) in [4.78, 5) is 4.05. The zero-order valence-electron chi connectivity index (χ0n) is 6.84. The van der Waals surface area contributed by atoms with Crippen molar-refractivity contribution in [1.29, 1.82) is 0 Å². The van der Waals surface area contributed by atoms with Crippen LogP contribution in [0.1, 0.15) is 0 Å². The molecule has 0 aliphatic rings. The Morgan fingerprint density at radius 1 is 1.36 bits per heavy atom. The molecule has 2 rings (SSSR count). The number of aromatic amines is 2. The molecule has 72 valence electrons. The molecular weight excluding hydrogens is 316 g/mol. The third-order valence-electron chi connectivity index (χ3n) is 1.69. The molecule has 2 N–H and O–H groups in total. The molecule has 1 heterocycles. The summed E-state index contributed by atoms with van der Waals surface area (Å²) in [6, 6.07) is 4.50. The SMILES string of the molecule is Fc1ccc(-c2nc(=S)[nH][nH]2)c(I)c1. The Bertz CT molecular complexity index is 519. The van der Waals surface area contributed by atoms with Crippen LogP contribution in [0.2, 0.25) is 0 Å². The molecule has 1 aromatic carbocycles. The van der Waals surface area contributed by atoms with E-state index in [0.29, 0.717) is 10.6 Å². The number of hydrogen-bond donors (Lipinski definition) is 2. The highest BCUT2D eigenvalue weighted by molar-refractivity contribution is 14.1. The lowest BCUT2D eigenvalue weighted by molar-refractivity contribution is 0.627. The minimum absolute atomic E-state index is 0.257. The zero-order chi connectivity index (χ0) is 10.1. The van der Waals surface area contributed by atoms with E-state index in [9.17, 15) is 4.39 Å². The van der Waals surface area contributed by atoms with Gasteiger partial charge in [-0.3, -0.25) is 10.2 Å². The van der Waals surface area contributed by atoms with Gasteiger partial charge in [0.1, 0.15) is 5.82 Å². The molecule has 0 saturated heterocycles. The Morgan fingerprint density at radius 3 is 2.71 bits per heavy atom. The van der Waals surface area contributed by atoms with Crippen LogP contribution in [0.3, 0.4) is 0 Å². The third kappa shape index (κ3) is 1.85. The van der Waals surface area contributed by atoms with Gasteiger partial charge in [0.15, 0.2) is 5.82 Å². The first-order valence-electron chi connectivity index (χ1n) is 3.77. The fourth-order valence-corrected chi connectivity index (χ4v) is 1.95. The quantitative estimate of drug-likeness (QED) is 0.627. The first-order valence-corrected chi connectivity index (χ1v) is 5.25. The fraction of sp³-hybridized carbons (Fsp3) is 0. The molecule has 6 heteroatoms. The summed E-state index contributed by atoms with van der Waals surface area (Å²) in [5.41, 5.74) is 0.833. The van der Waals surface area contributed by atoms with Crippen LogP contribution >= 0.6 is 34.8 Å². The van der Waals surface area contributed by atoms with Crippen LogP contribution in [0.4, 0.5) is 4.39 Å². The summed E-state index contributed by atoms with van der Waals surface area (Å²) in [7, 11) is 0. The highest BCUT2D eigenvalue weighted by atomic mass is 127. The van der Waals surface area contributed by atoms with Crippen molar-refractivity contribution in [2.75, 3.05) is 0 Å². The number of rotatable bonds is 1. The van der Waals surface area contributed by atoms with Crippen molar-refractivity contribution < 1.29 is 4.39 Å². The summed E-state index contributed by atoms with van der Waals surface area (Å²) >= 11 is 6.88. The molecule has 14 heavy (non-hydrogen) atoms. The maximum absolute atomic E-state index is 12.8. The number of halogens is 2. The van der Waals surface area contributed by atoms with Crippen molar-refractivity contribution in [3.05, 3.63) is 32.4 Å². The van der Waals surface area contributed by atoms with Gasteiger partial charge in [-0.1, -0.05) is 0 Å². The van der Waals surface area contributed by atoms with Crippen molar-refractivity contribution in [2.24, 2.45) is 0 Å². The van der Waals surface area contributed by atoms with Gasteiger partial charge >= 0.3 is 0 Å². The standard InChI is InChI=1S/C8H5FIN3S/c9-4-1-2-5(6(10)3-4)7-11-8(14)13-12-7/h1-3H,(H2,11,12,13,14). The Hall–Kier alpha value is -0.760. The van der Waals surface area contributed by atoms with E-state index in [-0.39, 0.29) is 5.82 Å². The smallest absolute Gasteiger partial charge is 0.213 e. The molecular formula is C8H5FIN3S. The van der Waals surface area contributed by atoms with Crippen LogP contribution in [0.25, 0.3) is 11.4 Å². The number of aromatic nitrogens is 3. The number of benzene rings is 1. The average Bonchev–Trinajstić information content (AvgIpc) is 2.51. The lowest BCUT2D eigenvalue weighted by Gasteiger charge is -1.99. The Kier molecular flexibility index (Phi) is 2.64. The molecule has 0 amide bonds. The molecule has 0 aliphatic heterocycles. The fourth-order valence-electron chi connectivity index (χ4n) is 1.08. The van der Waals surface area contributed by atoms with Gasteiger partial charge in [-0.25, -0.2) is 4.39 Å². The van der Waals surface area contributed by atoms with Crippen molar-refractivity contribution >= 4 is 34.8 Å². The molecule has 2 aromatic rings. The number of hydrogen-bond acceptors (Lipinski definition) is 2. The van der Waals surface area contributed by atoms with Gasteiger partial charge in [-0.05, 0) is 53.0 Å². The second-order valence-corrected chi connectivity index (χ2v) is 4.19. The number of H-pyrrole nitrogens is 2. The minimum atomic E-state index is -0.257. The molecule has 0 atom stereocenters. The summed E-state index contributed by atoms with van der Waals surface area (Å²) in [6.45, 7) is 0. The average molecular weight is 321 g/mol. The molecule has 0 fully saturated rings. The van der Waals surface area contributed by atoms with Gasteiger partial charge in [-0.2, -0.15) is 4.98 Å². The molecule has 0 saturated carbocycles. The summed E-state index contributed by atoms with van der Waals surface area (Å²) in [5.74, 6) is 0.367. The van der Waals surface area contributed by atoms with E-state index in [2.05, 4.69) is 37.8 Å². The van der Waals surface area contributed by atoms with E-state index in [1.807, 2.05) is 0 Å². The largest absolute Gasteiger partial charge is 0.282 e. The van der Waals surface area contributed by atoms with Crippen LogP contribution in [0.15, 0.2) is 18.2 Å². The van der Waals surface area contributed by atoms with Crippen molar-refractivity contribution in [3.63, 3.8) is 0 Å². The predicted molar refractivity (Wildman–Crippen MR) is 61.9 cm³/mol. The Morgan fingerprint density at radius 2 is 2.14 bits per heavy atom. The first kappa shape index (κ1) is 9.78. The second kappa shape index (κ2) is 3.77. The van der Waals surface area contributed by atoms with E-state index in [0.717, 1.165) is 9.13 Å². The number of nitrogens with zero attached hydrogens (tertiary/aromatic N) is 1. The molecule has 0 radical (unpaired) electrons. The maximum Gasteiger partial charge on any atom is 0.213 e. The van der Waals surface area contributed by atoms with E-state index >= 15 is 0 Å². The van der Waals surface area contributed by atoms with Gasteiger partial charge < -0.3 is 0 Å². The maximum atomic E-state index is 12.8. The molecule has 0 unspecified atom stereocenters. The second-order valence-electron chi connectivity index (χ2n) is 2.64. The summed E-state index contributed by atoms with van der Waals surface area (Å²) in [5, 5.41) is 5.51. The van der Waals surface area contributed by atoms with Crippen LogP contribution in [0.5, 0.6) is 0 Å². The lowest BCUT2D eigenvalue weighted by atomic mass is 10.2. The van der Waals surface area contributed by atoms with E-state index < -0.39 is 0 Å². The molecule has 1 aromatic heterocycles. The topological polar surface area (TPSA) is 44.5 Å². The van der Waals surface area contributed by atoms with Gasteiger partial charge in [0, 0.05) is 9.13 Å². The highest BCUT2D eigenvalue weighted by Crippen LogP contribution is 2.22. The van der Waals surface area contributed by atoms with E-state index in [1.54, 1.807) is 6.07 Å². The molecule has 0 aliphatic carbocycles. The monoisotopic (exact) mass is 321 g/mol. The van der Waals surface area contributed by atoms with Crippen LogP contribution in [-0.2, 0) is 0 Å². The molecule has 0 spiro atoms. The lowest BCUT2D eigenvalue weighted by Crippen LogP contribution is -1.86.